The van der Waals surface area contributed by atoms with Crippen molar-refractivity contribution in [3.05, 3.63) is 23.8 Å². The molecule has 15 heavy (non-hydrogen) atoms. The van der Waals surface area contributed by atoms with Gasteiger partial charge in [-0.25, -0.2) is 0 Å². The second-order valence-electron chi connectivity index (χ2n) is 3.71. The lowest BCUT2D eigenvalue weighted by atomic mass is 10.2. The number of anilines is 1. The van der Waals surface area contributed by atoms with Gasteiger partial charge in [0.2, 0.25) is 0 Å². The minimum Gasteiger partial charge on any atom is -0.508 e. The summed E-state index contributed by atoms with van der Waals surface area (Å²) >= 11 is 0. The van der Waals surface area contributed by atoms with Crippen molar-refractivity contribution >= 4 is 5.69 Å². The first-order valence-corrected chi connectivity index (χ1v) is 5.27. The molecule has 0 spiro atoms. The summed E-state index contributed by atoms with van der Waals surface area (Å²) in [5.41, 5.74) is 1.81. The van der Waals surface area contributed by atoms with E-state index in [1.807, 2.05) is 32.9 Å². The molecular formula is C12H19NO2. The molecule has 2 N–H and O–H groups in total. The Kier molecular flexibility index (Phi) is 4.43. The minimum absolute atomic E-state index is 0.243. The van der Waals surface area contributed by atoms with Gasteiger partial charge in [0.1, 0.15) is 5.75 Å². The summed E-state index contributed by atoms with van der Waals surface area (Å²) in [5.74, 6) is 0.323. The fourth-order valence-electron chi connectivity index (χ4n) is 1.32. The van der Waals surface area contributed by atoms with Gasteiger partial charge in [0.15, 0.2) is 0 Å². The topological polar surface area (TPSA) is 41.5 Å². The van der Waals surface area contributed by atoms with Gasteiger partial charge in [0.25, 0.3) is 0 Å². The van der Waals surface area contributed by atoms with Gasteiger partial charge in [-0.15, -0.1) is 0 Å². The van der Waals surface area contributed by atoms with Crippen LogP contribution in [0.4, 0.5) is 5.69 Å². The highest BCUT2D eigenvalue weighted by Gasteiger charge is 2.03. The van der Waals surface area contributed by atoms with Gasteiger partial charge in [0, 0.05) is 24.4 Å². The summed E-state index contributed by atoms with van der Waals surface area (Å²) in [6.07, 6.45) is 0. The van der Waals surface area contributed by atoms with E-state index in [0.29, 0.717) is 12.4 Å². The highest BCUT2D eigenvalue weighted by molar-refractivity contribution is 5.51. The first-order valence-electron chi connectivity index (χ1n) is 5.27. The number of aromatic hydroxyl groups is 1. The third-order valence-electron chi connectivity index (χ3n) is 2.19. The van der Waals surface area contributed by atoms with Crippen molar-refractivity contribution in [3.63, 3.8) is 0 Å². The first-order chi connectivity index (χ1) is 7.13. The Bertz CT molecular complexity index is 312. The number of rotatable bonds is 5. The maximum atomic E-state index is 9.52. The second kappa shape index (κ2) is 5.61. The Morgan fingerprint density at radius 3 is 2.80 bits per heavy atom. The minimum atomic E-state index is 0.243. The Morgan fingerprint density at radius 2 is 2.20 bits per heavy atom. The third kappa shape index (κ3) is 3.80. The Hall–Kier alpha value is -1.22. The van der Waals surface area contributed by atoms with Gasteiger partial charge in [-0.3, -0.25) is 0 Å². The highest BCUT2D eigenvalue weighted by Crippen LogP contribution is 2.21. The highest BCUT2D eigenvalue weighted by atomic mass is 16.5. The van der Waals surface area contributed by atoms with Crippen LogP contribution >= 0.6 is 0 Å². The molecule has 0 bridgehead atoms. The maximum absolute atomic E-state index is 9.52. The van der Waals surface area contributed by atoms with Crippen LogP contribution < -0.4 is 5.32 Å². The van der Waals surface area contributed by atoms with Gasteiger partial charge in [-0.05, 0) is 32.4 Å². The van der Waals surface area contributed by atoms with E-state index in [4.69, 9.17) is 4.74 Å². The molecule has 0 aliphatic heterocycles. The lowest BCUT2D eigenvalue weighted by molar-refractivity contribution is 0.141. The van der Waals surface area contributed by atoms with Crippen LogP contribution in [0.15, 0.2) is 18.2 Å². The molecule has 1 aromatic rings. The Labute approximate surface area is 91.1 Å². The van der Waals surface area contributed by atoms with Crippen LogP contribution in [0, 0.1) is 6.92 Å². The van der Waals surface area contributed by atoms with Crippen LogP contribution in [-0.4, -0.2) is 24.4 Å². The van der Waals surface area contributed by atoms with Crippen molar-refractivity contribution in [2.24, 2.45) is 0 Å². The number of nitrogens with one attached hydrogen (secondary N) is 1. The average Bonchev–Trinajstić information content (AvgIpc) is 2.20. The largest absolute Gasteiger partial charge is 0.508 e. The summed E-state index contributed by atoms with van der Waals surface area (Å²) in [4.78, 5) is 0. The number of hydrogen-bond donors (Lipinski definition) is 2. The predicted molar refractivity (Wildman–Crippen MR) is 62.4 cm³/mol. The molecule has 0 radical (unpaired) electrons. The molecule has 0 aromatic heterocycles. The van der Waals surface area contributed by atoms with Gasteiger partial charge < -0.3 is 15.2 Å². The van der Waals surface area contributed by atoms with E-state index in [1.165, 1.54) is 0 Å². The smallest absolute Gasteiger partial charge is 0.120 e. The zero-order valence-corrected chi connectivity index (χ0v) is 9.58. The fraction of sp³-hybridized carbons (Fsp3) is 0.500. The van der Waals surface area contributed by atoms with Crippen molar-refractivity contribution in [2.75, 3.05) is 18.5 Å². The van der Waals surface area contributed by atoms with Gasteiger partial charge >= 0.3 is 0 Å². The molecule has 1 aromatic carbocycles. The Balaban J connectivity index is 2.53. The van der Waals surface area contributed by atoms with Gasteiger partial charge in [-0.2, -0.15) is 0 Å². The van der Waals surface area contributed by atoms with E-state index in [1.54, 1.807) is 6.07 Å². The standard InChI is InChI=1S/C12H19NO2/c1-4-15-8-10(3)13-11-6-5-9(2)12(14)7-11/h5-7,10,13-14H,4,8H2,1-3H3. The average molecular weight is 209 g/mol. The van der Waals surface area contributed by atoms with Crippen molar-refractivity contribution < 1.29 is 9.84 Å². The molecule has 0 aliphatic rings. The van der Waals surface area contributed by atoms with Crippen LogP contribution in [0.3, 0.4) is 0 Å². The molecule has 1 rings (SSSR count). The van der Waals surface area contributed by atoms with Crippen LogP contribution in [0.5, 0.6) is 5.75 Å². The quantitative estimate of drug-likeness (QED) is 0.783. The zero-order chi connectivity index (χ0) is 11.3. The molecule has 0 heterocycles. The van der Waals surface area contributed by atoms with Crippen LogP contribution in [0.25, 0.3) is 0 Å². The van der Waals surface area contributed by atoms with Crippen LogP contribution in [0.1, 0.15) is 19.4 Å². The molecule has 0 amide bonds. The molecule has 1 unspecified atom stereocenters. The normalized spacial score (nSPS) is 12.5. The van der Waals surface area contributed by atoms with E-state index >= 15 is 0 Å². The number of ether oxygens (including phenoxy) is 1. The zero-order valence-electron chi connectivity index (χ0n) is 9.58. The monoisotopic (exact) mass is 209 g/mol. The molecule has 3 nitrogen and oxygen atoms in total. The molecule has 0 aliphatic carbocycles. The molecule has 0 saturated carbocycles. The number of phenolic OH excluding ortho intramolecular Hbond substituents is 1. The number of hydrogen-bond acceptors (Lipinski definition) is 3. The summed E-state index contributed by atoms with van der Waals surface area (Å²) in [7, 11) is 0. The van der Waals surface area contributed by atoms with Gasteiger partial charge in [0.05, 0.1) is 6.61 Å². The van der Waals surface area contributed by atoms with E-state index in [0.717, 1.165) is 17.9 Å². The van der Waals surface area contributed by atoms with E-state index in [2.05, 4.69) is 5.32 Å². The van der Waals surface area contributed by atoms with Crippen molar-refractivity contribution in [3.8, 4) is 5.75 Å². The van der Waals surface area contributed by atoms with Crippen molar-refractivity contribution in [1.82, 2.24) is 0 Å². The number of benzene rings is 1. The second-order valence-corrected chi connectivity index (χ2v) is 3.71. The van der Waals surface area contributed by atoms with Crippen LogP contribution in [-0.2, 0) is 4.74 Å². The van der Waals surface area contributed by atoms with E-state index in [-0.39, 0.29) is 6.04 Å². The lowest BCUT2D eigenvalue weighted by Crippen LogP contribution is -2.21. The number of phenols is 1. The van der Waals surface area contributed by atoms with E-state index in [9.17, 15) is 5.11 Å². The molecule has 0 saturated heterocycles. The fourth-order valence-corrected chi connectivity index (χ4v) is 1.32. The summed E-state index contributed by atoms with van der Waals surface area (Å²) in [6.45, 7) is 7.30. The molecule has 3 heteroatoms. The molecular weight excluding hydrogens is 190 g/mol. The number of aryl methyl sites for hydroxylation is 1. The lowest BCUT2D eigenvalue weighted by Gasteiger charge is -2.15. The van der Waals surface area contributed by atoms with Crippen molar-refractivity contribution in [2.45, 2.75) is 26.8 Å². The summed E-state index contributed by atoms with van der Waals surface area (Å²) in [5, 5.41) is 12.8. The molecule has 0 fully saturated rings. The SMILES string of the molecule is CCOCC(C)Nc1ccc(C)c(O)c1. The summed E-state index contributed by atoms with van der Waals surface area (Å²) < 4.78 is 5.30. The first kappa shape index (κ1) is 11.9. The maximum Gasteiger partial charge on any atom is 0.120 e. The van der Waals surface area contributed by atoms with Gasteiger partial charge in [-0.1, -0.05) is 6.07 Å². The third-order valence-corrected chi connectivity index (χ3v) is 2.19. The molecule has 84 valence electrons. The summed E-state index contributed by atoms with van der Waals surface area (Å²) in [6, 6.07) is 5.83. The molecule has 1 atom stereocenters. The Morgan fingerprint density at radius 1 is 1.47 bits per heavy atom. The van der Waals surface area contributed by atoms with Crippen LogP contribution in [0.2, 0.25) is 0 Å². The van der Waals surface area contributed by atoms with Crippen molar-refractivity contribution in [1.29, 1.82) is 0 Å². The van der Waals surface area contributed by atoms with E-state index < -0.39 is 0 Å². The predicted octanol–water partition coefficient (Wildman–Crippen LogP) is 2.54.